The van der Waals surface area contributed by atoms with Crippen molar-refractivity contribution in [3.63, 3.8) is 0 Å². The highest BCUT2D eigenvalue weighted by Crippen LogP contribution is 2.23. The Kier molecular flexibility index (Phi) is 4.80. The highest BCUT2D eigenvalue weighted by Gasteiger charge is 2.27. The molecule has 0 amide bonds. The Hall–Kier alpha value is -0.0900. The lowest BCUT2D eigenvalue weighted by Crippen LogP contribution is -2.41. The van der Waals surface area contributed by atoms with Crippen LogP contribution in [0.4, 0.5) is 0 Å². The Bertz CT molecular complexity index is 322. The summed E-state index contributed by atoms with van der Waals surface area (Å²) in [4.78, 5) is 0. The van der Waals surface area contributed by atoms with Crippen molar-refractivity contribution in [3.05, 3.63) is 0 Å². The van der Waals surface area contributed by atoms with Crippen LogP contribution in [-0.2, 0) is 9.92 Å². The normalized spacial score (nSPS) is 23.7. The van der Waals surface area contributed by atoms with Crippen molar-refractivity contribution in [1.29, 1.82) is 0 Å². The second-order valence-electron chi connectivity index (χ2n) is 5.40. The molecule has 3 nitrogen and oxygen atoms in total. The molecule has 1 heterocycles. The second-order valence-corrected chi connectivity index (χ2v) is 8.14. The molecule has 0 spiro atoms. The first-order valence-electron chi connectivity index (χ1n) is 6.36. The molecule has 1 fully saturated rings. The van der Waals surface area contributed by atoms with Gasteiger partial charge < -0.3 is 0 Å². The lowest BCUT2D eigenvalue weighted by molar-refractivity contribution is 0.294. The standard InChI is InChI=1S/C12H26N2OS/c1-10(2)13-16(15,11(3)4)14-8-6-12(5)7-9-14/h10-12H,6-9H2,1-5H3. The first-order valence-corrected chi connectivity index (χ1v) is 7.90. The molecule has 0 radical (unpaired) electrons. The Morgan fingerprint density at radius 3 is 2.06 bits per heavy atom. The van der Waals surface area contributed by atoms with Gasteiger partial charge in [0.15, 0.2) is 0 Å². The Morgan fingerprint density at radius 2 is 1.69 bits per heavy atom. The highest BCUT2D eigenvalue weighted by atomic mass is 32.2. The van der Waals surface area contributed by atoms with Crippen LogP contribution in [0.5, 0.6) is 0 Å². The SMILES string of the molecule is CC1CCN(S(=O)(=NC(C)C)C(C)C)CC1. The topological polar surface area (TPSA) is 32.7 Å². The molecule has 1 aliphatic heterocycles. The van der Waals surface area contributed by atoms with Crippen molar-refractivity contribution < 1.29 is 4.21 Å². The van der Waals surface area contributed by atoms with Gasteiger partial charge in [0.25, 0.3) is 0 Å². The van der Waals surface area contributed by atoms with E-state index in [1.807, 2.05) is 27.7 Å². The van der Waals surface area contributed by atoms with E-state index in [0.29, 0.717) is 0 Å². The van der Waals surface area contributed by atoms with Gasteiger partial charge in [0.2, 0.25) is 0 Å². The van der Waals surface area contributed by atoms with Crippen LogP contribution < -0.4 is 0 Å². The molecule has 0 aliphatic carbocycles. The van der Waals surface area contributed by atoms with Crippen molar-refractivity contribution in [1.82, 2.24) is 4.31 Å². The van der Waals surface area contributed by atoms with Gasteiger partial charge in [-0.05, 0) is 46.5 Å². The number of hydrogen-bond acceptors (Lipinski definition) is 2. The third-order valence-electron chi connectivity index (χ3n) is 3.09. The number of nitrogens with zero attached hydrogens (tertiary/aromatic N) is 2. The van der Waals surface area contributed by atoms with E-state index in [2.05, 4.69) is 15.6 Å². The van der Waals surface area contributed by atoms with E-state index in [9.17, 15) is 4.21 Å². The minimum atomic E-state index is -2.17. The quantitative estimate of drug-likeness (QED) is 0.753. The number of piperidine rings is 1. The number of rotatable bonds is 3. The van der Waals surface area contributed by atoms with Gasteiger partial charge >= 0.3 is 0 Å². The Labute approximate surface area is 101 Å². The second kappa shape index (κ2) is 5.50. The molecule has 0 N–H and O–H groups in total. The molecule has 1 aliphatic rings. The molecular formula is C12H26N2OS. The molecule has 0 aromatic carbocycles. The summed E-state index contributed by atoms with van der Waals surface area (Å²) >= 11 is 0. The van der Waals surface area contributed by atoms with Gasteiger partial charge in [-0.25, -0.2) is 12.9 Å². The van der Waals surface area contributed by atoms with Crippen LogP contribution in [-0.4, -0.2) is 32.9 Å². The number of hydrogen-bond donors (Lipinski definition) is 0. The van der Waals surface area contributed by atoms with Crippen LogP contribution in [0.15, 0.2) is 4.36 Å². The van der Waals surface area contributed by atoms with Crippen LogP contribution in [0.1, 0.15) is 47.5 Å². The molecule has 0 bridgehead atoms. The maximum Gasteiger partial charge on any atom is 0.113 e. The van der Waals surface area contributed by atoms with E-state index in [4.69, 9.17) is 0 Å². The van der Waals surface area contributed by atoms with E-state index >= 15 is 0 Å². The average Bonchev–Trinajstić information content (AvgIpc) is 2.17. The smallest absolute Gasteiger partial charge is 0.113 e. The molecule has 0 aromatic heterocycles. The minimum absolute atomic E-state index is 0.114. The Morgan fingerprint density at radius 1 is 1.19 bits per heavy atom. The fraction of sp³-hybridized carbons (Fsp3) is 1.00. The lowest BCUT2D eigenvalue weighted by Gasteiger charge is -2.34. The van der Waals surface area contributed by atoms with E-state index < -0.39 is 9.92 Å². The monoisotopic (exact) mass is 246 g/mol. The van der Waals surface area contributed by atoms with Crippen molar-refractivity contribution >= 4 is 9.92 Å². The fourth-order valence-electron chi connectivity index (χ4n) is 2.04. The summed E-state index contributed by atoms with van der Waals surface area (Å²) in [6.07, 6.45) is 2.30. The summed E-state index contributed by atoms with van der Waals surface area (Å²) in [6, 6.07) is 0.147. The largest absolute Gasteiger partial charge is 0.233 e. The van der Waals surface area contributed by atoms with Gasteiger partial charge in [0.05, 0.1) is 11.3 Å². The van der Waals surface area contributed by atoms with Crippen LogP contribution in [0.25, 0.3) is 0 Å². The molecule has 1 rings (SSSR count). The van der Waals surface area contributed by atoms with Crippen molar-refractivity contribution in [2.75, 3.05) is 13.1 Å². The molecule has 96 valence electrons. The van der Waals surface area contributed by atoms with Gasteiger partial charge in [-0.2, -0.15) is 0 Å². The van der Waals surface area contributed by atoms with Crippen LogP contribution in [0.2, 0.25) is 0 Å². The summed E-state index contributed by atoms with van der Waals surface area (Å²) < 4.78 is 19.6. The molecule has 0 saturated carbocycles. The zero-order valence-electron chi connectivity index (χ0n) is 11.3. The van der Waals surface area contributed by atoms with E-state index in [1.54, 1.807) is 0 Å². The lowest BCUT2D eigenvalue weighted by atomic mass is 10.0. The first-order chi connectivity index (χ1) is 7.36. The molecule has 1 unspecified atom stereocenters. The Balaban J connectivity index is 2.91. The molecule has 1 saturated heterocycles. The molecule has 0 aromatic rings. The van der Waals surface area contributed by atoms with Crippen LogP contribution in [0, 0.1) is 5.92 Å². The summed E-state index contributed by atoms with van der Waals surface area (Å²) in [5, 5.41) is 0.114. The van der Waals surface area contributed by atoms with Crippen molar-refractivity contribution in [2.24, 2.45) is 10.3 Å². The van der Waals surface area contributed by atoms with E-state index in [0.717, 1.165) is 31.8 Å². The predicted octanol–water partition coefficient (Wildman–Crippen LogP) is 2.92. The molecule has 1 atom stereocenters. The molecule has 4 heteroatoms. The maximum atomic E-state index is 12.9. The zero-order chi connectivity index (χ0) is 12.3. The summed E-state index contributed by atoms with van der Waals surface area (Å²) in [5.41, 5.74) is 0. The van der Waals surface area contributed by atoms with E-state index in [1.165, 1.54) is 0 Å². The summed E-state index contributed by atoms with van der Waals surface area (Å²) in [7, 11) is -2.17. The third-order valence-corrected chi connectivity index (χ3v) is 6.15. The van der Waals surface area contributed by atoms with E-state index in [-0.39, 0.29) is 11.3 Å². The molecular weight excluding hydrogens is 220 g/mol. The van der Waals surface area contributed by atoms with Gasteiger partial charge in [0.1, 0.15) is 9.92 Å². The predicted molar refractivity (Wildman–Crippen MR) is 70.8 cm³/mol. The maximum absolute atomic E-state index is 12.9. The average molecular weight is 246 g/mol. The minimum Gasteiger partial charge on any atom is -0.233 e. The summed E-state index contributed by atoms with van der Waals surface area (Å²) in [6.45, 7) is 12.2. The van der Waals surface area contributed by atoms with Crippen LogP contribution in [0.3, 0.4) is 0 Å². The summed E-state index contributed by atoms with van der Waals surface area (Å²) in [5.74, 6) is 0.770. The van der Waals surface area contributed by atoms with Gasteiger partial charge in [0, 0.05) is 13.1 Å². The van der Waals surface area contributed by atoms with Crippen molar-refractivity contribution in [2.45, 2.75) is 58.8 Å². The first kappa shape index (κ1) is 14.0. The highest BCUT2D eigenvalue weighted by molar-refractivity contribution is 7.91. The van der Waals surface area contributed by atoms with Crippen molar-refractivity contribution in [3.8, 4) is 0 Å². The van der Waals surface area contributed by atoms with Crippen LogP contribution >= 0.6 is 0 Å². The van der Waals surface area contributed by atoms with Gasteiger partial charge in [-0.3, -0.25) is 0 Å². The third kappa shape index (κ3) is 3.20. The van der Waals surface area contributed by atoms with Gasteiger partial charge in [-0.15, -0.1) is 0 Å². The molecule has 16 heavy (non-hydrogen) atoms. The van der Waals surface area contributed by atoms with Gasteiger partial charge in [-0.1, -0.05) is 6.92 Å². The fourth-order valence-corrected chi connectivity index (χ4v) is 4.35. The zero-order valence-corrected chi connectivity index (χ0v) is 12.1.